The lowest BCUT2D eigenvalue weighted by Crippen LogP contribution is -2.51. The first-order chi connectivity index (χ1) is 15.7. The average Bonchev–Trinajstić information content (AvgIpc) is 2.74. The molecule has 0 radical (unpaired) electrons. The predicted molar refractivity (Wildman–Crippen MR) is 139 cm³/mol. The molecule has 4 atom stereocenters. The number of allylic oxidation sites excluding steroid dienone is 3. The zero-order chi connectivity index (χ0) is 25.8. The van der Waals surface area contributed by atoms with Gasteiger partial charge in [-0.05, 0) is 86.3 Å². The smallest absolute Gasteiger partial charge is 0.251 e. The average molecular weight is 494 g/mol. The fourth-order valence-electron chi connectivity index (χ4n) is 4.18. The number of nitrogens with one attached hydrogen (secondary N) is 2. The minimum absolute atomic E-state index is 0.127. The fourth-order valence-corrected chi connectivity index (χ4v) is 5.13. The van der Waals surface area contributed by atoms with Crippen LogP contribution in [0.4, 0.5) is 0 Å². The molecule has 8 heteroatoms. The van der Waals surface area contributed by atoms with Crippen LogP contribution in [0.3, 0.4) is 0 Å². The summed E-state index contributed by atoms with van der Waals surface area (Å²) in [5, 5.41) is 2.46. The van der Waals surface area contributed by atoms with Crippen molar-refractivity contribution in [3.8, 4) is 0 Å². The van der Waals surface area contributed by atoms with Crippen molar-refractivity contribution in [3.05, 3.63) is 46.8 Å². The van der Waals surface area contributed by atoms with Gasteiger partial charge in [-0.15, -0.1) is 0 Å². The molecule has 0 bridgehead atoms. The molecule has 2 rings (SSSR count). The Morgan fingerprint density at radius 2 is 1.88 bits per heavy atom. The van der Waals surface area contributed by atoms with Gasteiger partial charge in [0.1, 0.15) is 0 Å². The molecule has 0 aromatic heterocycles. The third-order valence-electron chi connectivity index (χ3n) is 6.64. The summed E-state index contributed by atoms with van der Waals surface area (Å²) < 4.78 is 32.9. The van der Waals surface area contributed by atoms with Gasteiger partial charge in [-0.25, -0.2) is 13.1 Å². The number of ether oxygens (including phenoxy) is 1. The van der Waals surface area contributed by atoms with E-state index < -0.39 is 15.3 Å². The monoisotopic (exact) mass is 493 g/mol. The van der Waals surface area contributed by atoms with Gasteiger partial charge in [-0.1, -0.05) is 18.2 Å². The van der Waals surface area contributed by atoms with E-state index in [1.54, 1.807) is 13.8 Å². The quantitative estimate of drug-likeness (QED) is 0.496. The Kier molecular flexibility index (Phi) is 9.74. The van der Waals surface area contributed by atoms with E-state index in [1.807, 2.05) is 13.0 Å². The third-order valence-corrected chi connectivity index (χ3v) is 8.54. The van der Waals surface area contributed by atoms with E-state index >= 15 is 0 Å². The lowest BCUT2D eigenvalue weighted by atomic mass is 9.95. The molecule has 2 aliphatic rings. The standard InChI is InChI=1S/C26H43N3O4S/c1-16(2)25(29-15-19(6)33-22(9)21(29)8)14-18(5)20(7)27-26(30)23-10-12-24(13-11-23)28-34(31,32)17(3)4/h10,14,17,19,21-22,24,28H,7,11-13,15H2,1-6,8-9H3,(H,27,30)/b18-14-/t19?,21?,22?,24-/m1/s1. The number of hydrogen-bond acceptors (Lipinski definition) is 5. The number of nitrogens with zero attached hydrogens (tertiary/aromatic N) is 1. The van der Waals surface area contributed by atoms with Gasteiger partial charge >= 0.3 is 0 Å². The summed E-state index contributed by atoms with van der Waals surface area (Å²) in [7, 11) is -3.32. The summed E-state index contributed by atoms with van der Waals surface area (Å²) in [6, 6.07) is 0.0655. The maximum atomic E-state index is 12.8. The minimum atomic E-state index is -3.32. The van der Waals surface area contributed by atoms with E-state index in [4.69, 9.17) is 4.74 Å². The van der Waals surface area contributed by atoms with Crippen molar-refractivity contribution in [2.45, 2.75) is 104 Å². The first-order valence-corrected chi connectivity index (χ1v) is 13.8. The van der Waals surface area contributed by atoms with E-state index in [0.29, 0.717) is 30.5 Å². The highest BCUT2D eigenvalue weighted by atomic mass is 32.2. The van der Waals surface area contributed by atoms with Gasteiger partial charge < -0.3 is 15.0 Å². The summed E-state index contributed by atoms with van der Waals surface area (Å²) in [6.45, 7) is 20.7. The molecule has 0 aromatic carbocycles. The van der Waals surface area contributed by atoms with Crippen LogP contribution in [0.2, 0.25) is 0 Å². The molecule has 0 aromatic rings. The second-order valence-corrected chi connectivity index (χ2v) is 12.4. The van der Waals surface area contributed by atoms with Crippen LogP contribution in [0.1, 0.15) is 74.7 Å². The van der Waals surface area contributed by atoms with Crippen LogP contribution < -0.4 is 10.0 Å². The molecule has 1 heterocycles. The number of carbonyl (C=O) groups is 1. The largest absolute Gasteiger partial charge is 0.372 e. The molecule has 1 fully saturated rings. The van der Waals surface area contributed by atoms with Crippen LogP contribution in [0.25, 0.3) is 0 Å². The molecule has 3 unspecified atom stereocenters. The van der Waals surface area contributed by atoms with E-state index in [0.717, 1.165) is 17.8 Å². The Morgan fingerprint density at radius 1 is 1.24 bits per heavy atom. The summed E-state index contributed by atoms with van der Waals surface area (Å²) in [6.07, 6.45) is 5.81. The van der Waals surface area contributed by atoms with Crippen molar-refractivity contribution in [1.82, 2.24) is 14.9 Å². The third kappa shape index (κ3) is 7.30. The van der Waals surface area contributed by atoms with Crippen LogP contribution >= 0.6 is 0 Å². The normalized spacial score (nSPS) is 26.2. The van der Waals surface area contributed by atoms with E-state index in [9.17, 15) is 13.2 Å². The topological polar surface area (TPSA) is 87.7 Å². The number of morpholine rings is 1. The number of rotatable bonds is 8. The van der Waals surface area contributed by atoms with Crippen molar-refractivity contribution in [2.75, 3.05) is 6.54 Å². The van der Waals surface area contributed by atoms with Crippen LogP contribution in [-0.4, -0.2) is 55.3 Å². The molecule has 34 heavy (non-hydrogen) atoms. The highest BCUT2D eigenvalue weighted by Gasteiger charge is 2.31. The van der Waals surface area contributed by atoms with E-state index in [2.05, 4.69) is 62.2 Å². The van der Waals surface area contributed by atoms with Crippen molar-refractivity contribution < 1.29 is 17.9 Å². The Morgan fingerprint density at radius 3 is 2.41 bits per heavy atom. The Balaban J connectivity index is 2.05. The Labute approximate surface area is 206 Å². The van der Waals surface area contributed by atoms with Crippen molar-refractivity contribution in [2.24, 2.45) is 0 Å². The molecule has 1 aliphatic heterocycles. The van der Waals surface area contributed by atoms with Gasteiger partial charge in [0.25, 0.3) is 5.91 Å². The highest BCUT2D eigenvalue weighted by molar-refractivity contribution is 7.90. The molecule has 1 aliphatic carbocycles. The molecule has 192 valence electrons. The molecular formula is C26H43N3O4S. The minimum Gasteiger partial charge on any atom is -0.372 e. The molecule has 2 N–H and O–H groups in total. The summed E-state index contributed by atoms with van der Waals surface area (Å²) >= 11 is 0. The Hall–Kier alpha value is -1.90. The van der Waals surface area contributed by atoms with Crippen LogP contribution in [-0.2, 0) is 19.6 Å². The van der Waals surface area contributed by atoms with Gasteiger partial charge in [0.05, 0.1) is 23.5 Å². The summed E-state index contributed by atoms with van der Waals surface area (Å²) in [5.74, 6) is -0.177. The second-order valence-electron chi connectivity index (χ2n) is 10.1. The zero-order valence-corrected chi connectivity index (χ0v) is 22.9. The van der Waals surface area contributed by atoms with Gasteiger partial charge in [-0.2, -0.15) is 0 Å². The number of hydrogen-bond donors (Lipinski definition) is 2. The molecule has 0 saturated carbocycles. The number of carbonyl (C=O) groups excluding carboxylic acids is 1. The first-order valence-electron chi connectivity index (χ1n) is 12.2. The van der Waals surface area contributed by atoms with Crippen molar-refractivity contribution >= 4 is 15.9 Å². The lowest BCUT2D eigenvalue weighted by Gasteiger charge is -2.43. The van der Waals surface area contributed by atoms with Gasteiger partial charge in [0.15, 0.2) is 0 Å². The van der Waals surface area contributed by atoms with Crippen molar-refractivity contribution in [3.63, 3.8) is 0 Å². The number of amides is 1. The van der Waals surface area contributed by atoms with Crippen molar-refractivity contribution in [1.29, 1.82) is 0 Å². The first kappa shape index (κ1) is 28.3. The SMILES string of the molecule is C=C(NC(=O)C1=CC[C@@H](NS(=O)(=O)C(C)C)CC1)/C(C)=C\C(=C(C)C)N1CC(C)OC(C)C1C. The molecule has 1 saturated heterocycles. The Bertz CT molecular complexity index is 974. The van der Waals surface area contributed by atoms with Gasteiger partial charge in [-0.3, -0.25) is 4.79 Å². The van der Waals surface area contributed by atoms with Crippen LogP contribution in [0, 0.1) is 0 Å². The molecule has 7 nitrogen and oxygen atoms in total. The molecule has 0 spiro atoms. The zero-order valence-electron chi connectivity index (χ0n) is 22.1. The second kappa shape index (κ2) is 11.7. The van der Waals surface area contributed by atoms with Crippen LogP contribution in [0.5, 0.6) is 0 Å². The fraction of sp³-hybridized carbons (Fsp3) is 0.654. The maximum Gasteiger partial charge on any atom is 0.251 e. The van der Waals surface area contributed by atoms with Crippen LogP contribution in [0.15, 0.2) is 46.8 Å². The summed E-state index contributed by atoms with van der Waals surface area (Å²) in [5.41, 5.74) is 4.44. The van der Waals surface area contributed by atoms with Gasteiger partial charge in [0, 0.05) is 29.6 Å². The molecule has 1 amide bonds. The highest BCUT2D eigenvalue weighted by Crippen LogP contribution is 2.26. The molecular weight excluding hydrogens is 450 g/mol. The predicted octanol–water partition coefficient (Wildman–Crippen LogP) is 4.16. The summed E-state index contributed by atoms with van der Waals surface area (Å²) in [4.78, 5) is 15.2. The van der Waals surface area contributed by atoms with Gasteiger partial charge in [0.2, 0.25) is 10.0 Å². The maximum absolute atomic E-state index is 12.8. The number of sulfonamides is 1. The van der Waals surface area contributed by atoms with E-state index in [-0.39, 0.29) is 30.2 Å². The lowest BCUT2D eigenvalue weighted by molar-refractivity contribution is -0.117. The van der Waals surface area contributed by atoms with E-state index in [1.165, 1.54) is 5.57 Å².